The van der Waals surface area contributed by atoms with Gasteiger partial charge >= 0.3 is 5.69 Å². The van der Waals surface area contributed by atoms with E-state index in [2.05, 4.69) is 65.5 Å². The molecule has 0 atom stereocenters. The topological polar surface area (TPSA) is 95.7 Å². The number of carbonyl (C=O) groups excluding carboxylic acids is 1. The van der Waals surface area contributed by atoms with Crippen molar-refractivity contribution in [2.75, 3.05) is 48.3 Å². The van der Waals surface area contributed by atoms with Crippen molar-refractivity contribution < 1.29 is 9.18 Å². The van der Waals surface area contributed by atoms with Crippen LogP contribution in [0.5, 0.6) is 0 Å². The van der Waals surface area contributed by atoms with Crippen LogP contribution in [0.3, 0.4) is 0 Å². The molecule has 2 saturated carbocycles. The minimum absolute atomic E-state index is 0.0230. The van der Waals surface area contributed by atoms with Gasteiger partial charge in [0.25, 0.3) is 5.56 Å². The normalized spacial score (nSPS) is 18.9. The summed E-state index contributed by atoms with van der Waals surface area (Å²) in [7, 11) is 10.1. The number of amides is 1. The Morgan fingerprint density at radius 1 is 0.938 bits per heavy atom. The van der Waals surface area contributed by atoms with Crippen LogP contribution in [-0.2, 0) is 11.3 Å². The third kappa shape index (κ3) is 6.85. The SMILES string of the molecule is CN(C)CCN(C)Cc1ccc(-c2cccc(-n3c(=O)n(C4CCC(NC(=O)C5(N(C)C)CC5)CC4)c(=O)c4cc(F)cnc43)c2)cc1. The fraction of sp³-hybridized carbons (Fsp3) is 0.459. The maximum Gasteiger partial charge on any atom is 0.337 e. The largest absolute Gasteiger partial charge is 0.352 e. The average Bonchev–Trinajstić information content (AvgIpc) is 3.88. The number of nitrogens with zero attached hydrogens (tertiary/aromatic N) is 6. The highest BCUT2D eigenvalue weighted by Gasteiger charge is 2.52. The molecule has 11 heteroatoms. The standard InChI is InChI=1S/C37H46FN7O3/c1-41(2)19-20-43(5)24-25-9-11-26(12-10-25)27-7-6-8-31(21-27)44-33-32(22-28(38)23-39-33)34(46)45(36(44)48)30-15-13-29(14-16-30)40-35(47)37(17-18-37)42(3)4/h6-12,21-23,29-30H,13-20,24H2,1-5H3,(H,40,47). The number of benzene rings is 2. The minimum atomic E-state index is -0.640. The highest BCUT2D eigenvalue weighted by atomic mass is 19.1. The molecule has 4 aromatic rings. The van der Waals surface area contributed by atoms with Gasteiger partial charge in [0.1, 0.15) is 5.82 Å². The van der Waals surface area contributed by atoms with E-state index < -0.39 is 22.6 Å². The van der Waals surface area contributed by atoms with Crippen LogP contribution in [0.1, 0.15) is 50.1 Å². The molecule has 0 unspecified atom stereocenters. The fourth-order valence-electron chi connectivity index (χ4n) is 6.92. The molecule has 1 amide bonds. The summed E-state index contributed by atoms with van der Waals surface area (Å²) < 4.78 is 17.2. The average molecular weight is 656 g/mol. The molecule has 6 rings (SSSR count). The van der Waals surface area contributed by atoms with Crippen LogP contribution in [0, 0.1) is 5.82 Å². The maximum atomic E-state index is 14.5. The zero-order valence-electron chi connectivity index (χ0n) is 28.6. The van der Waals surface area contributed by atoms with Gasteiger partial charge in [0, 0.05) is 31.7 Å². The van der Waals surface area contributed by atoms with Gasteiger partial charge in [-0.15, -0.1) is 0 Å². The summed E-state index contributed by atoms with van der Waals surface area (Å²) in [6.07, 6.45) is 5.09. The zero-order valence-corrected chi connectivity index (χ0v) is 28.6. The van der Waals surface area contributed by atoms with Crippen molar-refractivity contribution in [2.24, 2.45) is 0 Å². The van der Waals surface area contributed by atoms with Gasteiger partial charge in [0.05, 0.1) is 22.8 Å². The molecule has 0 aliphatic heterocycles. The number of likely N-dealkylation sites (N-methyl/N-ethyl adjacent to an activating group) is 3. The van der Waals surface area contributed by atoms with E-state index in [1.165, 1.54) is 14.7 Å². The number of hydrogen-bond donors (Lipinski definition) is 1. The summed E-state index contributed by atoms with van der Waals surface area (Å²) in [4.78, 5) is 51.7. The van der Waals surface area contributed by atoms with Crippen LogP contribution in [0.15, 0.2) is 70.4 Å². The molecule has 2 aliphatic carbocycles. The summed E-state index contributed by atoms with van der Waals surface area (Å²) >= 11 is 0. The quantitative estimate of drug-likeness (QED) is 0.261. The van der Waals surface area contributed by atoms with Gasteiger partial charge in [-0.2, -0.15) is 0 Å². The second kappa shape index (κ2) is 13.7. The summed E-state index contributed by atoms with van der Waals surface area (Å²) in [6, 6.07) is 16.7. The molecular formula is C37H46FN7O3. The number of fused-ring (bicyclic) bond motifs is 1. The molecule has 2 aliphatic rings. The van der Waals surface area contributed by atoms with Crippen molar-refractivity contribution in [3.8, 4) is 16.8 Å². The zero-order chi connectivity index (χ0) is 34.2. The predicted octanol–water partition coefficient (Wildman–Crippen LogP) is 4.04. The molecule has 10 nitrogen and oxygen atoms in total. The molecule has 0 spiro atoms. The summed E-state index contributed by atoms with van der Waals surface area (Å²) in [5.74, 6) is -0.594. The summed E-state index contributed by atoms with van der Waals surface area (Å²) in [5, 5.41) is 3.26. The van der Waals surface area contributed by atoms with E-state index in [0.717, 1.165) is 55.9 Å². The predicted molar refractivity (Wildman–Crippen MR) is 187 cm³/mol. The Labute approximate surface area is 280 Å². The lowest BCUT2D eigenvalue weighted by atomic mass is 9.90. The number of carbonyl (C=O) groups is 1. The monoisotopic (exact) mass is 655 g/mol. The Hall–Kier alpha value is -4.19. The Morgan fingerprint density at radius 3 is 2.29 bits per heavy atom. The second-order valence-corrected chi connectivity index (χ2v) is 14.0. The van der Waals surface area contributed by atoms with Crippen molar-refractivity contribution in [1.29, 1.82) is 0 Å². The fourth-order valence-corrected chi connectivity index (χ4v) is 6.92. The van der Waals surface area contributed by atoms with Gasteiger partial charge in [-0.25, -0.2) is 18.7 Å². The van der Waals surface area contributed by atoms with Gasteiger partial charge in [-0.05, 0) is 109 Å². The van der Waals surface area contributed by atoms with E-state index in [9.17, 15) is 18.8 Å². The first-order chi connectivity index (χ1) is 23.0. The Bertz CT molecular complexity index is 1910. The molecule has 48 heavy (non-hydrogen) atoms. The van der Waals surface area contributed by atoms with Crippen LogP contribution in [0.4, 0.5) is 4.39 Å². The van der Waals surface area contributed by atoms with E-state index >= 15 is 0 Å². The second-order valence-electron chi connectivity index (χ2n) is 14.0. The van der Waals surface area contributed by atoms with Crippen molar-refractivity contribution >= 4 is 16.9 Å². The van der Waals surface area contributed by atoms with E-state index in [-0.39, 0.29) is 29.0 Å². The lowest BCUT2D eigenvalue weighted by Gasteiger charge is -2.32. The minimum Gasteiger partial charge on any atom is -0.352 e. The van der Waals surface area contributed by atoms with E-state index in [0.29, 0.717) is 31.4 Å². The van der Waals surface area contributed by atoms with E-state index in [1.807, 2.05) is 43.3 Å². The molecule has 2 heterocycles. The molecule has 0 saturated heterocycles. The first-order valence-electron chi connectivity index (χ1n) is 16.8. The van der Waals surface area contributed by atoms with E-state index in [1.54, 1.807) is 0 Å². The third-order valence-corrected chi connectivity index (χ3v) is 10.1. The van der Waals surface area contributed by atoms with Gasteiger partial charge in [0.2, 0.25) is 5.91 Å². The molecule has 0 radical (unpaired) electrons. The molecule has 0 bridgehead atoms. The van der Waals surface area contributed by atoms with Crippen LogP contribution in [-0.4, -0.2) is 94.6 Å². The van der Waals surface area contributed by atoms with Crippen LogP contribution >= 0.6 is 0 Å². The first-order valence-corrected chi connectivity index (χ1v) is 16.8. The number of halogens is 1. The Morgan fingerprint density at radius 2 is 1.65 bits per heavy atom. The van der Waals surface area contributed by atoms with Gasteiger partial charge < -0.3 is 15.1 Å². The third-order valence-electron chi connectivity index (χ3n) is 10.1. The molecule has 254 valence electrons. The molecule has 1 N–H and O–H groups in total. The Kier molecular flexibility index (Phi) is 9.64. The molecule has 2 aromatic carbocycles. The molecule has 2 fully saturated rings. The van der Waals surface area contributed by atoms with Crippen LogP contribution in [0.25, 0.3) is 27.8 Å². The highest BCUT2D eigenvalue weighted by Crippen LogP contribution is 2.40. The van der Waals surface area contributed by atoms with Gasteiger partial charge in [-0.3, -0.25) is 19.1 Å². The Balaban J connectivity index is 1.28. The number of nitrogens with one attached hydrogen (secondary N) is 1. The molecular weight excluding hydrogens is 609 g/mol. The van der Waals surface area contributed by atoms with Gasteiger partial charge in [-0.1, -0.05) is 36.4 Å². The highest BCUT2D eigenvalue weighted by molar-refractivity contribution is 5.89. The van der Waals surface area contributed by atoms with Crippen molar-refractivity contribution in [2.45, 2.75) is 62.7 Å². The smallest absolute Gasteiger partial charge is 0.337 e. The number of pyridine rings is 1. The maximum absolute atomic E-state index is 14.5. The number of hydrogen-bond acceptors (Lipinski definition) is 7. The summed E-state index contributed by atoms with van der Waals surface area (Å²) in [5.41, 5.74) is 2.30. The van der Waals surface area contributed by atoms with Gasteiger partial charge in [0.15, 0.2) is 5.65 Å². The van der Waals surface area contributed by atoms with Crippen molar-refractivity contribution in [1.82, 2.24) is 34.1 Å². The lowest BCUT2D eigenvalue weighted by molar-refractivity contribution is -0.128. The number of rotatable bonds is 11. The summed E-state index contributed by atoms with van der Waals surface area (Å²) in [6.45, 7) is 2.79. The lowest BCUT2D eigenvalue weighted by Crippen LogP contribution is -2.50. The van der Waals surface area contributed by atoms with Crippen LogP contribution in [0.2, 0.25) is 0 Å². The number of aromatic nitrogens is 3. The first kappa shape index (κ1) is 33.7. The van der Waals surface area contributed by atoms with Crippen molar-refractivity contribution in [3.63, 3.8) is 0 Å². The van der Waals surface area contributed by atoms with E-state index in [4.69, 9.17) is 0 Å². The van der Waals surface area contributed by atoms with Crippen molar-refractivity contribution in [3.05, 3.63) is 93.0 Å². The molecule has 2 aromatic heterocycles. The van der Waals surface area contributed by atoms with Crippen LogP contribution < -0.4 is 16.6 Å².